The maximum atomic E-state index is 4.30. The van der Waals surface area contributed by atoms with Gasteiger partial charge in [-0.05, 0) is 25.8 Å². The van der Waals surface area contributed by atoms with Crippen LogP contribution in [-0.4, -0.2) is 16.0 Å². The second-order valence-electron chi connectivity index (χ2n) is 3.25. The molecule has 1 aliphatic rings. The molecular weight excluding hydrogens is 150 g/mol. The minimum atomic E-state index is 0.750. The second-order valence-corrected chi connectivity index (χ2v) is 3.25. The lowest BCUT2D eigenvalue weighted by Crippen LogP contribution is -2.16. The average molecular weight is 163 g/mol. The van der Waals surface area contributed by atoms with E-state index in [0.717, 1.165) is 24.1 Å². The molecular formula is C9H13N3. The molecule has 0 unspecified atom stereocenters. The van der Waals surface area contributed by atoms with Crippen LogP contribution in [0.2, 0.25) is 0 Å². The fourth-order valence-electron chi connectivity index (χ4n) is 1.14. The topological polar surface area (TPSA) is 37.8 Å². The van der Waals surface area contributed by atoms with Crippen LogP contribution in [0.25, 0.3) is 0 Å². The summed E-state index contributed by atoms with van der Waals surface area (Å²) in [6, 6.07) is 2.71. The molecule has 3 nitrogen and oxygen atoms in total. The van der Waals surface area contributed by atoms with Gasteiger partial charge in [0.25, 0.3) is 0 Å². The van der Waals surface area contributed by atoms with E-state index >= 15 is 0 Å². The highest BCUT2D eigenvalue weighted by Crippen LogP contribution is 2.18. The molecule has 12 heavy (non-hydrogen) atoms. The Balaban J connectivity index is 1.92. The van der Waals surface area contributed by atoms with Crippen LogP contribution in [0.4, 0.5) is 0 Å². The van der Waals surface area contributed by atoms with E-state index in [0.29, 0.717) is 0 Å². The highest BCUT2D eigenvalue weighted by atomic mass is 15.0. The number of hydrogen-bond donors (Lipinski definition) is 1. The Hall–Kier alpha value is -0.960. The van der Waals surface area contributed by atoms with Gasteiger partial charge in [-0.3, -0.25) is 0 Å². The monoisotopic (exact) mass is 163 g/mol. The number of aryl methyl sites for hydroxylation is 1. The van der Waals surface area contributed by atoms with Gasteiger partial charge in [-0.1, -0.05) is 0 Å². The Labute approximate surface area is 72.2 Å². The normalized spacial score (nSPS) is 16.4. The summed E-state index contributed by atoms with van der Waals surface area (Å²) in [4.78, 5) is 8.34. The zero-order valence-corrected chi connectivity index (χ0v) is 7.25. The fraction of sp³-hybridized carbons (Fsp3) is 0.556. The van der Waals surface area contributed by atoms with Gasteiger partial charge in [0.1, 0.15) is 5.82 Å². The number of hydrogen-bond acceptors (Lipinski definition) is 3. The van der Waals surface area contributed by atoms with Crippen molar-refractivity contribution < 1.29 is 0 Å². The van der Waals surface area contributed by atoms with Crippen LogP contribution in [0.1, 0.15) is 24.4 Å². The molecule has 64 valence electrons. The molecule has 1 N–H and O–H groups in total. The van der Waals surface area contributed by atoms with Crippen molar-refractivity contribution in [2.24, 2.45) is 0 Å². The van der Waals surface area contributed by atoms with Crippen molar-refractivity contribution in [3.8, 4) is 0 Å². The lowest BCUT2D eigenvalue weighted by atomic mass is 10.4. The first-order valence-corrected chi connectivity index (χ1v) is 4.36. The molecule has 1 aromatic heterocycles. The van der Waals surface area contributed by atoms with Gasteiger partial charge in [0.2, 0.25) is 0 Å². The van der Waals surface area contributed by atoms with Crippen molar-refractivity contribution in [3.63, 3.8) is 0 Å². The van der Waals surface area contributed by atoms with Crippen LogP contribution in [0, 0.1) is 6.92 Å². The predicted octanol–water partition coefficient (Wildman–Crippen LogP) is 1.04. The second kappa shape index (κ2) is 3.19. The van der Waals surface area contributed by atoms with Gasteiger partial charge in [0.05, 0.1) is 5.69 Å². The Morgan fingerprint density at radius 1 is 1.58 bits per heavy atom. The predicted molar refractivity (Wildman–Crippen MR) is 46.6 cm³/mol. The summed E-state index contributed by atoms with van der Waals surface area (Å²) in [5.41, 5.74) is 1.09. The van der Waals surface area contributed by atoms with Crippen LogP contribution in [0.3, 0.4) is 0 Å². The van der Waals surface area contributed by atoms with Crippen molar-refractivity contribution in [2.45, 2.75) is 32.4 Å². The van der Waals surface area contributed by atoms with Gasteiger partial charge < -0.3 is 5.32 Å². The van der Waals surface area contributed by atoms with Gasteiger partial charge in [0.15, 0.2) is 0 Å². The standard InChI is InChI=1S/C9H13N3/c1-7-10-5-4-9(12-7)6-11-8-2-3-8/h4-5,8,11H,2-3,6H2,1H3. The smallest absolute Gasteiger partial charge is 0.125 e. The van der Waals surface area contributed by atoms with Gasteiger partial charge in [-0.25, -0.2) is 9.97 Å². The van der Waals surface area contributed by atoms with Crippen molar-refractivity contribution in [2.75, 3.05) is 0 Å². The third-order valence-corrected chi connectivity index (χ3v) is 1.98. The molecule has 0 aliphatic heterocycles. The van der Waals surface area contributed by atoms with Gasteiger partial charge >= 0.3 is 0 Å². The van der Waals surface area contributed by atoms with Crippen LogP contribution in [-0.2, 0) is 6.54 Å². The lowest BCUT2D eigenvalue weighted by Gasteiger charge is -2.01. The van der Waals surface area contributed by atoms with E-state index < -0.39 is 0 Å². The van der Waals surface area contributed by atoms with E-state index in [4.69, 9.17) is 0 Å². The van der Waals surface area contributed by atoms with Crippen molar-refractivity contribution in [1.82, 2.24) is 15.3 Å². The molecule has 3 heteroatoms. The van der Waals surface area contributed by atoms with Crippen LogP contribution >= 0.6 is 0 Å². The van der Waals surface area contributed by atoms with Crippen LogP contribution in [0.15, 0.2) is 12.3 Å². The first kappa shape index (κ1) is 7.68. The van der Waals surface area contributed by atoms with Crippen molar-refractivity contribution in [3.05, 3.63) is 23.8 Å². The third-order valence-electron chi connectivity index (χ3n) is 1.98. The molecule has 1 saturated carbocycles. The van der Waals surface area contributed by atoms with Gasteiger partial charge in [-0.2, -0.15) is 0 Å². The van der Waals surface area contributed by atoms with E-state index in [1.807, 2.05) is 19.2 Å². The molecule has 0 amide bonds. The van der Waals surface area contributed by atoms with Crippen LogP contribution in [0.5, 0.6) is 0 Å². The van der Waals surface area contributed by atoms with Crippen LogP contribution < -0.4 is 5.32 Å². The maximum Gasteiger partial charge on any atom is 0.125 e. The minimum Gasteiger partial charge on any atom is -0.308 e. The molecule has 2 rings (SSSR count). The Bertz CT molecular complexity index is 268. The van der Waals surface area contributed by atoms with Gasteiger partial charge in [-0.15, -0.1) is 0 Å². The number of rotatable bonds is 3. The number of nitrogens with zero attached hydrogens (tertiary/aromatic N) is 2. The van der Waals surface area contributed by atoms with Crippen molar-refractivity contribution >= 4 is 0 Å². The van der Waals surface area contributed by atoms with E-state index in [2.05, 4.69) is 15.3 Å². The minimum absolute atomic E-state index is 0.750. The first-order valence-electron chi connectivity index (χ1n) is 4.36. The summed E-state index contributed by atoms with van der Waals surface area (Å²) in [7, 11) is 0. The quantitative estimate of drug-likeness (QED) is 0.723. The summed E-state index contributed by atoms with van der Waals surface area (Å²) in [5, 5.41) is 3.41. The molecule has 0 atom stereocenters. The largest absolute Gasteiger partial charge is 0.308 e. The summed E-state index contributed by atoms with van der Waals surface area (Å²) in [6.45, 7) is 2.80. The maximum absolute atomic E-state index is 4.30. The molecule has 0 bridgehead atoms. The highest BCUT2D eigenvalue weighted by Gasteiger charge is 2.19. The molecule has 1 fully saturated rings. The lowest BCUT2D eigenvalue weighted by molar-refractivity contribution is 0.670. The SMILES string of the molecule is Cc1nccc(CNC2CC2)n1. The van der Waals surface area contributed by atoms with E-state index in [9.17, 15) is 0 Å². The summed E-state index contributed by atoms with van der Waals surface area (Å²) >= 11 is 0. The zero-order valence-electron chi connectivity index (χ0n) is 7.25. The summed E-state index contributed by atoms with van der Waals surface area (Å²) in [6.07, 6.45) is 4.46. The average Bonchev–Trinajstić information content (AvgIpc) is 2.84. The third kappa shape index (κ3) is 2.01. The Morgan fingerprint density at radius 2 is 2.42 bits per heavy atom. The number of nitrogens with one attached hydrogen (secondary N) is 1. The molecule has 1 aliphatic carbocycles. The first-order chi connectivity index (χ1) is 5.84. The van der Waals surface area contributed by atoms with Gasteiger partial charge in [0, 0.05) is 18.8 Å². The van der Waals surface area contributed by atoms with Crippen molar-refractivity contribution in [1.29, 1.82) is 0 Å². The molecule has 1 heterocycles. The summed E-state index contributed by atoms with van der Waals surface area (Å²) < 4.78 is 0. The fourth-order valence-corrected chi connectivity index (χ4v) is 1.14. The molecule has 0 saturated heterocycles. The number of aromatic nitrogens is 2. The van der Waals surface area contributed by atoms with E-state index in [-0.39, 0.29) is 0 Å². The highest BCUT2D eigenvalue weighted by molar-refractivity contribution is 5.01. The molecule has 0 aromatic carbocycles. The van der Waals surface area contributed by atoms with E-state index in [1.54, 1.807) is 0 Å². The summed E-state index contributed by atoms with van der Waals surface area (Å²) in [5.74, 6) is 0.852. The molecule has 0 spiro atoms. The molecule has 0 radical (unpaired) electrons. The molecule has 1 aromatic rings. The Morgan fingerprint density at radius 3 is 3.08 bits per heavy atom. The Kier molecular flexibility index (Phi) is 2.04. The zero-order chi connectivity index (χ0) is 8.39. The van der Waals surface area contributed by atoms with E-state index in [1.165, 1.54) is 12.8 Å².